The van der Waals surface area contributed by atoms with Crippen LogP contribution < -0.4 is 10.2 Å². The van der Waals surface area contributed by atoms with E-state index in [0.717, 1.165) is 32.0 Å². The lowest BCUT2D eigenvalue weighted by molar-refractivity contribution is 0.576. The molecule has 0 atom stereocenters. The molecule has 1 N–H and O–H groups in total. The molecule has 2 fully saturated rings. The SMILES string of the molecule is c1cnc(N2CCNCC2)c(C2CCCC2)n1. The summed E-state index contributed by atoms with van der Waals surface area (Å²) in [6.45, 7) is 4.22. The number of aromatic nitrogens is 2. The summed E-state index contributed by atoms with van der Waals surface area (Å²) >= 11 is 0. The van der Waals surface area contributed by atoms with Gasteiger partial charge in [-0.3, -0.25) is 4.98 Å². The van der Waals surface area contributed by atoms with Gasteiger partial charge >= 0.3 is 0 Å². The Morgan fingerprint density at radius 2 is 1.76 bits per heavy atom. The van der Waals surface area contributed by atoms with Crippen molar-refractivity contribution < 1.29 is 0 Å². The quantitative estimate of drug-likeness (QED) is 0.840. The van der Waals surface area contributed by atoms with Crippen LogP contribution in [0.1, 0.15) is 37.3 Å². The van der Waals surface area contributed by atoms with Crippen molar-refractivity contribution in [2.75, 3.05) is 31.1 Å². The molecule has 2 heterocycles. The predicted molar refractivity (Wildman–Crippen MR) is 68.3 cm³/mol. The van der Waals surface area contributed by atoms with E-state index >= 15 is 0 Å². The van der Waals surface area contributed by atoms with Gasteiger partial charge in [-0.25, -0.2) is 4.98 Å². The summed E-state index contributed by atoms with van der Waals surface area (Å²) < 4.78 is 0. The summed E-state index contributed by atoms with van der Waals surface area (Å²) in [5.74, 6) is 1.79. The van der Waals surface area contributed by atoms with E-state index in [1.165, 1.54) is 31.4 Å². The van der Waals surface area contributed by atoms with Gasteiger partial charge in [-0.2, -0.15) is 0 Å². The average molecular weight is 232 g/mol. The largest absolute Gasteiger partial charge is 0.353 e. The van der Waals surface area contributed by atoms with Crippen molar-refractivity contribution in [2.24, 2.45) is 0 Å². The highest BCUT2D eigenvalue weighted by Crippen LogP contribution is 2.36. The summed E-state index contributed by atoms with van der Waals surface area (Å²) in [5.41, 5.74) is 1.24. The summed E-state index contributed by atoms with van der Waals surface area (Å²) in [5, 5.41) is 3.38. The molecule has 0 spiro atoms. The Labute approximate surface area is 102 Å². The molecule has 0 bridgehead atoms. The molecule has 92 valence electrons. The van der Waals surface area contributed by atoms with Gasteiger partial charge in [-0.1, -0.05) is 12.8 Å². The van der Waals surface area contributed by atoms with Crippen LogP contribution in [0.5, 0.6) is 0 Å². The van der Waals surface area contributed by atoms with Crippen LogP contribution in [0.4, 0.5) is 5.82 Å². The van der Waals surface area contributed by atoms with Crippen molar-refractivity contribution in [3.8, 4) is 0 Å². The van der Waals surface area contributed by atoms with E-state index in [9.17, 15) is 0 Å². The van der Waals surface area contributed by atoms with E-state index in [0.29, 0.717) is 5.92 Å². The maximum Gasteiger partial charge on any atom is 0.150 e. The first kappa shape index (κ1) is 11.0. The number of piperazine rings is 1. The third-order valence-electron chi connectivity index (χ3n) is 3.86. The first-order valence-corrected chi connectivity index (χ1v) is 6.72. The smallest absolute Gasteiger partial charge is 0.150 e. The lowest BCUT2D eigenvalue weighted by Gasteiger charge is -2.30. The normalized spacial score (nSPS) is 22.0. The van der Waals surface area contributed by atoms with Gasteiger partial charge in [0, 0.05) is 44.5 Å². The molecule has 2 aliphatic rings. The second-order valence-electron chi connectivity index (χ2n) is 4.98. The lowest BCUT2D eigenvalue weighted by Crippen LogP contribution is -2.44. The van der Waals surface area contributed by atoms with E-state index in [1.54, 1.807) is 0 Å². The minimum absolute atomic E-state index is 0.647. The van der Waals surface area contributed by atoms with E-state index in [1.807, 2.05) is 12.4 Å². The third kappa shape index (κ3) is 2.27. The van der Waals surface area contributed by atoms with Crippen LogP contribution in [0.3, 0.4) is 0 Å². The minimum Gasteiger partial charge on any atom is -0.353 e. The molecule has 0 unspecified atom stereocenters. The van der Waals surface area contributed by atoms with E-state index in [4.69, 9.17) is 0 Å². The third-order valence-corrected chi connectivity index (χ3v) is 3.86. The zero-order valence-corrected chi connectivity index (χ0v) is 10.2. The van der Waals surface area contributed by atoms with Crippen molar-refractivity contribution in [3.05, 3.63) is 18.1 Å². The first-order chi connectivity index (χ1) is 8.45. The Kier molecular flexibility index (Phi) is 3.22. The van der Waals surface area contributed by atoms with Gasteiger partial charge in [0.25, 0.3) is 0 Å². The number of nitrogens with one attached hydrogen (secondary N) is 1. The maximum atomic E-state index is 4.61. The molecule has 0 amide bonds. The number of rotatable bonds is 2. The highest BCUT2D eigenvalue weighted by atomic mass is 15.2. The number of hydrogen-bond acceptors (Lipinski definition) is 4. The van der Waals surface area contributed by atoms with Crippen molar-refractivity contribution in [1.29, 1.82) is 0 Å². The maximum absolute atomic E-state index is 4.61. The lowest BCUT2D eigenvalue weighted by atomic mass is 10.0. The minimum atomic E-state index is 0.647. The van der Waals surface area contributed by atoms with Crippen molar-refractivity contribution >= 4 is 5.82 Å². The number of hydrogen-bond donors (Lipinski definition) is 1. The zero-order chi connectivity index (χ0) is 11.5. The predicted octanol–water partition coefficient (Wildman–Crippen LogP) is 1.54. The Balaban J connectivity index is 1.86. The standard InChI is InChI=1S/C13H20N4/c1-2-4-11(3-1)12-13(16-6-5-15-12)17-9-7-14-8-10-17/h5-6,11,14H,1-4,7-10H2. The van der Waals surface area contributed by atoms with Gasteiger partial charge in [0.1, 0.15) is 0 Å². The van der Waals surface area contributed by atoms with Crippen molar-refractivity contribution in [2.45, 2.75) is 31.6 Å². The molecule has 1 saturated heterocycles. The fourth-order valence-corrected chi connectivity index (χ4v) is 2.95. The van der Waals surface area contributed by atoms with Gasteiger partial charge in [0.15, 0.2) is 5.82 Å². The molecule has 1 aliphatic heterocycles. The fraction of sp³-hybridized carbons (Fsp3) is 0.692. The summed E-state index contributed by atoms with van der Waals surface area (Å²) in [4.78, 5) is 11.6. The zero-order valence-electron chi connectivity index (χ0n) is 10.2. The van der Waals surface area contributed by atoms with E-state index in [-0.39, 0.29) is 0 Å². The molecular formula is C13H20N4. The van der Waals surface area contributed by atoms with Gasteiger partial charge in [-0.05, 0) is 12.8 Å². The average Bonchev–Trinajstić information content (AvgIpc) is 2.94. The van der Waals surface area contributed by atoms with Gasteiger partial charge < -0.3 is 10.2 Å². The van der Waals surface area contributed by atoms with Crippen LogP contribution in [0, 0.1) is 0 Å². The molecule has 17 heavy (non-hydrogen) atoms. The summed E-state index contributed by atoms with van der Waals surface area (Å²) in [6.07, 6.45) is 8.95. The first-order valence-electron chi connectivity index (χ1n) is 6.72. The monoisotopic (exact) mass is 232 g/mol. The van der Waals surface area contributed by atoms with Crippen LogP contribution in [0.15, 0.2) is 12.4 Å². The molecule has 3 rings (SSSR count). The van der Waals surface area contributed by atoms with Crippen molar-refractivity contribution in [3.63, 3.8) is 0 Å². The topological polar surface area (TPSA) is 41.1 Å². The molecule has 4 nitrogen and oxygen atoms in total. The Bertz CT molecular complexity index is 367. The van der Waals surface area contributed by atoms with Gasteiger partial charge in [-0.15, -0.1) is 0 Å². The van der Waals surface area contributed by atoms with E-state index < -0.39 is 0 Å². The summed E-state index contributed by atoms with van der Waals surface area (Å²) in [6, 6.07) is 0. The Morgan fingerprint density at radius 1 is 1.06 bits per heavy atom. The van der Waals surface area contributed by atoms with Crippen LogP contribution in [0.25, 0.3) is 0 Å². The molecule has 1 aromatic heterocycles. The van der Waals surface area contributed by atoms with Crippen LogP contribution in [0.2, 0.25) is 0 Å². The second kappa shape index (κ2) is 5.00. The highest BCUT2D eigenvalue weighted by Gasteiger charge is 2.24. The van der Waals surface area contributed by atoms with E-state index in [2.05, 4.69) is 20.2 Å². The van der Waals surface area contributed by atoms with Crippen LogP contribution >= 0.6 is 0 Å². The molecule has 1 saturated carbocycles. The van der Waals surface area contributed by atoms with Crippen LogP contribution in [-0.4, -0.2) is 36.1 Å². The Hall–Kier alpha value is -1.16. The summed E-state index contributed by atoms with van der Waals surface area (Å²) in [7, 11) is 0. The van der Waals surface area contributed by atoms with Gasteiger partial charge in [0.2, 0.25) is 0 Å². The molecule has 0 aromatic carbocycles. The molecule has 0 radical (unpaired) electrons. The molecule has 1 aliphatic carbocycles. The molecule has 1 aromatic rings. The van der Waals surface area contributed by atoms with Gasteiger partial charge in [0.05, 0.1) is 5.69 Å². The molecular weight excluding hydrogens is 212 g/mol. The number of anilines is 1. The van der Waals surface area contributed by atoms with Crippen molar-refractivity contribution in [1.82, 2.24) is 15.3 Å². The Morgan fingerprint density at radius 3 is 2.53 bits per heavy atom. The van der Waals surface area contributed by atoms with Crippen LogP contribution in [-0.2, 0) is 0 Å². The second-order valence-corrected chi connectivity index (χ2v) is 4.98. The fourth-order valence-electron chi connectivity index (χ4n) is 2.95. The molecule has 4 heteroatoms. The highest BCUT2D eigenvalue weighted by molar-refractivity contribution is 5.45. The number of nitrogens with zero attached hydrogens (tertiary/aromatic N) is 3.